The van der Waals surface area contributed by atoms with Crippen molar-refractivity contribution in [1.29, 1.82) is 5.26 Å². The van der Waals surface area contributed by atoms with Crippen molar-refractivity contribution in [2.45, 2.75) is 6.42 Å². The highest BCUT2D eigenvalue weighted by Gasteiger charge is 1.95. The predicted molar refractivity (Wildman–Crippen MR) is 41.0 cm³/mol. The maximum atomic E-state index is 11.0. The van der Waals surface area contributed by atoms with Gasteiger partial charge in [0.2, 0.25) is 5.56 Å². The molecule has 0 saturated heterocycles. The molecule has 1 heterocycles. The van der Waals surface area contributed by atoms with Crippen molar-refractivity contribution in [3.63, 3.8) is 0 Å². The Morgan fingerprint density at radius 2 is 2.36 bits per heavy atom. The minimum atomic E-state index is -0.0715. The molecule has 1 aromatic heterocycles. The minimum absolute atomic E-state index is 0.0715. The topological polar surface area (TPSA) is 45.8 Å². The molecule has 3 nitrogen and oxygen atoms in total. The van der Waals surface area contributed by atoms with Crippen LogP contribution < -0.4 is 5.56 Å². The second-order valence-electron chi connectivity index (χ2n) is 2.25. The zero-order valence-corrected chi connectivity index (χ0v) is 6.24. The summed E-state index contributed by atoms with van der Waals surface area (Å²) in [7, 11) is 1.66. The molecule has 0 aliphatic rings. The van der Waals surface area contributed by atoms with Crippen molar-refractivity contribution in [2.24, 2.45) is 7.05 Å². The molecule has 0 aliphatic carbocycles. The van der Waals surface area contributed by atoms with E-state index < -0.39 is 0 Å². The van der Waals surface area contributed by atoms with Gasteiger partial charge in [0, 0.05) is 18.8 Å². The van der Waals surface area contributed by atoms with Gasteiger partial charge in [0.05, 0.1) is 12.5 Å². The van der Waals surface area contributed by atoms with Crippen LogP contribution in [0.2, 0.25) is 0 Å². The lowest BCUT2D eigenvalue weighted by Crippen LogP contribution is -2.18. The molecule has 0 fully saturated rings. The van der Waals surface area contributed by atoms with Crippen LogP contribution in [0.1, 0.15) is 5.69 Å². The van der Waals surface area contributed by atoms with Gasteiger partial charge in [-0.3, -0.25) is 4.79 Å². The van der Waals surface area contributed by atoms with Gasteiger partial charge in [-0.05, 0) is 6.07 Å². The number of pyridine rings is 1. The molecular weight excluding hydrogens is 140 g/mol. The Hall–Kier alpha value is -1.56. The van der Waals surface area contributed by atoms with Gasteiger partial charge in [-0.1, -0.05) is 6.07 Å². The number of hydrogen-bond donors (Lipinski definition) is 0. The first-order valence-electron chi connectivity index (χ1n) is 3.27. The van der Waals surface area contributed by atoms with Crippen molar-refractivity contribution in [3.8, 4) is 6.07 Å². The molecule has 0 bridgehead atoms. The molecule has 0 atom stereocenters. The number of aromatic nitrogens is 1. The Balaban J connectivity index is 3.19. The summed E-state index contributed by atoms with van der Waals surface area (Å²) in [5, 5.41) is 8.37. The van der Waals surface area contributed by atoms with Crippen molar-refractivity contribution < 1.29 is 0 Å². The van der Waals surface area contributed by atoms with Crippen LogP contribution in [0.5, 0.6) is 0 Å². The van der Waals surface area contributed by atoms with Crippen LogP contribution >= 0.6 is 0 Å². The van der Waals surface area contributed by atoms with Gasteiger partial charge in [-0.2, -0.15) is 5.26 Å². The van der Waals surface area contributed by atoms with E-state index in [1.54, 1.807) is 19.2 Å². The minimum Gasteiger partial charge on any atom is -0.315 e. The van der Waals surface area contributed by atoms with Crippen LogP contribution in [-0.2, 0) is 13.5 Å². The Morgan fingerprint density at radius 3 is 3.00 bits per heavy atom. The third kappa shape index (κ3) is 1.47. The molecule has 0 N–H and O–H groups in total. The molecule has 11 heavy (non-hydrogen) atoms. The lowest BCUT2D eigenvalue weighted by atomic mass is 10.3. The van der Waals surface area contributed by atoms with Crippen LogP contribution in [-0.4, -0.2) is 4.57 Å². The monoisotopic (exact) mass is 148 g/mol. The highest BCUT2D eigenvalue weighted by molar-refractivity contribution is 5.10. The first-order valence-corrected chi connectivity index (χ1v) is 3.27. The summed E-state index contributed by atoms with van der Waals surface area (Å²) in [6.45, 7) is 0. The van der Waals surface area contributed by atoms with Gasteiger partial charge >= 0.3 is 0 Å². The second-order valence-corrected chi connectivity index (χ2v) is 2.25. The first kappa shape index (κ1) is 7.55. The molecule has 0 unspecified atom stereocenters. The molecule has 0 saturated carbocycles. The first-order chi connectivity index (χ1) is 5.25. The van der Waals surface area contributed by atoms with Gasteiger partial charge in [0.15, 0.2) is 0 Å². The van der Waals surface area contributed by atoms with Gasteiger partial charge in [-0.15, -0.1) is 0 Å². The Bertz CT molecular complexity index is 346. The smallest absolute Gasteiger partial charge is 0.250 e. The van der Waals surface area contributed by atoms with E-state index in [0.29, 0.717) is 0 Å². The number of rotatable bonds is 1. The van der Waals surface area contributed by atoms with Gasteiger partial charge in [-0.25, -0.2) is 0 Å². The molecule has 0 radical (unpaired) electrons. The Labute approximate surface area is 64.5 Å². The highest BCUT2D eigenvalue weighted by Crippen LogP contribution is 1.93. The van der Waals surface area contributed by atoms with Crippen molar-refractivity contribution in [3.05, 3.63) is 34.2 Å². The van der Waals surface area contributed by atoms with Crippen LogP contribution in [0, 0.1) is 11.3 Å². The van der Waals surface area contributed by atoms with Gasteiger partial charge < -0.3 is 4.57 Å². The van der Waals surface area contributed by atoms with E-state index in [2.05, 4.69) is 0 Å². The van der Waals surface area contributed by atoms with E-state index in [0.717, 1.165) is 5.69 Å². The third-order valence-electron chi connectivity index (χ3n) is 1.55. The number of hydrogen-bond acceptors (Lipinski definition) is 2. The summed E-state index contributed by atoms with van der Waals surface area (Å²) < 4.78 is 1.48. The van der Waals surface area contributed by atoms with Crippen molar-refractivity contribution >= 4 is 0 Å². The van der Waals surface area contributed by atoms with E-state index in [1.165, 1.54) is 10.6 Å². The Morgan fingerprint density at radius 1 is 1.64 bits per heavy atom. The summed E-state index contributed by atoms with van der Waals surface area (Å²) in [5.41, 5.74) is 0.678. The molecule has 0 aromatic carbocycles. The standard InChI is InChI=1S/C8H8N2O/c1-10-7(5-6-9)3-2-4-8(10)11/h2-4H,5H2,1H3. The molecule has 0 aliphatic heterocycles. The second kappa shape index (κ2) is 3.02. The molecular formula is C8H8N2O. The number of nitrogens with zero attached hydrogens (tertiary/aromatic N) is 2. The average molecular weight is 148 g/mol. The summed E-state index contributed by atoms with van der Waals surface area (Å²) >= 11 is 0. The highest BCUT2D eigenvalue weighted by atomic mass is 16.1. The van der Waals surface area contributed by atoms with Crippen LogP contribution in [0.15, 0.2) is 23.0 Å². The van der Waals surface area contributed by atoms with Gasteiger partial charge in [0.25, 0.3) is 0 Å². The third-order valence-corrected chi connectivity index (χ3v) is 1.55. The summed E-state index contributed by atoms with van der Waals surface area (Å²) in [4.78, 5) is 11.0. The normalized spacial score (nSPS) is 9.09. The van der Waals surface area contributed by atoms with E-state index >= 15 is 0 Å². The fourth-order valence-corrected chi connectivity index (χ4v) is 0.865. The van der Waals surface area contributed by atoms with Crippen LogP contribution in [0.3, 0.4) is 0 Å². The van der Waals surface area contributed by atoms with E-state index in [9.17, 15) is 4.79 Å². The maximum Gasteiger partial charge on any atom is 0.250 e. The number of nitriles is 1. The molecule has 1 aromatic rings. The molecule has 1 rings (SSSR count). The van der Waals surface area contributed by atoms with Crippen molar-refractivity contribution in [2.75, 3.05) is 0 Å². The lowest BCUT2D eigenvalue weighted by Gasteiger charge is -2.01. The molecule has 3 heteroatoms. The van der Waals surface area contributed by atoms with Crippen LogP contribution in [0.25, 0.3) is 0 Å². The maximum absolute atomic E-state index is 11.0. The molecule has 0 spiro atoms. The molecule has 56 valence electrons. The fraction of sp³-hybridized carbons (Fsp3) is 0.250. The van der Waals surface area contributed by atoms with E-state index in [1.807, 2.05) is 6.07 Å². The zero-order valence-electron chi connectivity index (χ0n) is 6.24. The molecule has 0 amide bonds. The summed E-state index contributed by atoms with van der Waals surface area (Å²) in [6.07, 6.45) is 0.284. The average Bonchev–Trinajstić information content (AvgIpc) is 1.99. The zero-order chi connectivity index (χ0) is 8.27. The summed E-state index contributed by atoms with van der Waals surface area (Å²) in [5.74, 6) is 0. The van der Waals surface area contributed by atoms with Crippen molar-refractivity contribution in [1.82, 2.24) is 4.57 Å². The lowest BCUT2D eigenvalue weighted by molar-refractivity contribution is 0.801. The SMILES string of the molecule is Cn1c(CC#N)cccc1=O. The fourth-order valence-electron chi connectivity index (χ4n) is 0.865. The van der Waals surface area contributed by atoms with E-state index in [-0.39, 0.29) is 12.0 Å². The van der Waals surface area contributed by atoms with Gasteiger partial charge in [0.1, 0.15) is 0 Å². The quantitative estimate of drug-likeness (QED) is 0.580. The summed E-state index contributed by atoms with van der Waals surface area (Å²) in [6, 6.07) is 6.90. The Kier molecular flexibility index (Phi) is 2.07. The van der Waals surface area contributed by atoms with Crippen LogP contribution in [0.4, 0.5) is 0 Å². The predicted octanol–water partition coefficient (Wildman–Crippen LogP) is 0.451. The van der Waals surface area contributed by atoms with E-state index in [4.69, 9.17) is 5.26 Å². The largest absolute Gasteiger partial charge is 0.315 e.